The van der Waals surface area contributed by atoms with Crippen LogP contribution >= 0.6 is 11.3 Å². The van der Waals surface area contributed by atoms with Crippen molar-refractivity contribution in [3.8, 4) is 0 Å². The fraction of sp³-hybridized carbons (Fsp3) is 0.167. The quantitative estimate of drug-likeness (QED) is 0.817. The summed E-state index contributed by atoms with van der Waals surface area (Å²) in [6.07, 6.45) is 0. The van der Waals surface area contributed by atoms with Crippen molar-refractivity contribution in [3.05, 3.63) is 46.4 Å². The molecule has 0 saturated heterocycles. The van der Waals surface area contributed by atoms with Gasteiger partial charge in [-0.2, -0.15) is 0 Å². The lowest BCUT2D eigenvalue weighted by molar-refractivity contribution is 0.0935. The topological polar surface area (TPSA) is 68.0 Å². The normalized spacial score (nSPS) is 12.1. The van der Waals surface area contributed by atoms with Crippen molar-refractivity contribution in [2.75, 3.05) is 5.73 Å². The maximum absolute atomic E-state index is 11.8. The van der Waals surface area contributed by atoms with E-state index in [9.17, 15) is 4.79 Å². The molecule has 3 N–H and O–H groups in total. The first-order valence-corrected chi connectivity index (χ1v) is 6.15. The Morgan fingerprint density at radius 2 is 2.35 bits per heavy atom. The average molecular weight is 247 g/mol. The highest BCUT2D eigenvalue weighted by atomic mass is 32.1. The van der Waals surface area contributed by atoms with Gasteiger partial charge in [-0.25, -0.2) is 4.98 Å². The summed E-state index contributed by atoms with van der Waals surface area (Å²) in [7, 11) is 0. The molecule has 1 amide bonds. The third kappa shape index (κ3) is 2.82. The van der Waals surface area contributed by atoms with Crippen LogP contribution in [0.3, 0.4) is 0 Å². The molecule has 0 saturated carbocycles. The van der Waals surface area contributed by atoms with Gasteiger partial charge in [0, 0.05) is 11.1 Å². The molecule has 0 radical (unpaired) electrons. The Bertz CT molecular complexity index is 510. The highest BCUT2D eigenvalue weighted by Crippen LogP contribution is 2.15. The molecule has 0 spiro atoms. The van der Waals surface area contributed by atoms with Crippen LogP contribution in [0.25, 0.3) is 0 Å². The van der Waals surface area contributed by atoms with Crippen LogP contribution in [0, 0.1) is 0 Å². The van der Waals surface area contributed by atoms with Crippen molar-refractivity contribution in [2.24, 2.45) is 0 Å². The maximum Gasteiger partial charge on any atom is 0.271 e. The Balaban J connectivity index is 2.07. The summed E-state index contributed by atoms with van der Waals surface area (Å²) in [6, 6.07) is 7.39. The van der Waals surface area contributed by atoms with Crippen LogP contribution in [0.5, 0.6) is 0 Å². The minimum atomic E-state index is -0.166. The Kier molecular flexibility index (Phi) is 3.39. The number of carbonyl (C=O) groups excluding carboxylic acids is 1. The number of anilines is 1. The summed E-state index contributed by atoms with van der Waals surface area (Å²) < 4.78 is 0. The van der Waals surface area contributed by atoms with Gasteiger partial charge >= 0.3 is 0 Å². The summed E-state index contributed by atoms with van der Waals surface area (Å²) in [5.41, 5.74) is 9.46. The van der Waals surface area contributed by atoms with E-state index < -0.39 is 0 Å². The number of carbonyl (C=O) groups is 1. The Morgan fingerprint density at radius 1 is 1.53 bits per heavy atom. The Morgan fingerprint density at radius 3 is 3.00 bits per heavy atom. The van der Waals surface area contributed by atoms with Gasteiger partial charge in [-0.15, -0.1) is 11.3 Å². The molecule has 0 aliphatic heterocycles. The SMILES string of the molecule is CC(NC(=O)c1cscn1)c1cccc(N)c1. The zero-order valence-corrected chi connectivity index (χ0v) is 10.2. The Labute approximate surface area is 103 Å². The molecule has 1 aromatic carbocycles. The van der Waals surface area contributed by atoms with E-state index >= 15 is 0 Å². The molecule has 2 rings (SSSR count). The molecular formula is C12H13N3OS. The van der Waals surface area contributed by atoms with E-state index in [0.29, 0.717) is 11.4 Å². The number of thiazole rings is 1. The molecule has 0 aliphatic rings. The highest BCUT2D eigenvalue weighted by Gasteiger charge is 2.12. The van der Waals surface area contributed by atoms with Gasteiger partial charge in [-0.3, -0.25) is 4.79 Å². The van der Waals surface area contributed by atoms with Crippen LogP contribution < -0.4 is 11.1 Å². The summed E-state index contributed by atoms with van der Waals surface area (Å²) in [4.78, 5) is 15.7. The first-order valence-electron chi connectivity index (χ1n) is 5.21. The summed E-state index contributed by atoms with van der Waals surface area (Å²) in [6.45, 7) is 1.92. The number of benzene rings is 1. The largest absolute Gasteiger partial charge is 0.399 e. The molecule has 1 heterocycles. The molecule has 0 fully saturated rings. The van der Waals surface area contributed by atoms with Crippen molar-refractivity contribution >= 4 is 22.9 Å². The van der Waals surface area contributed by atoms with E-state index in [1.807, 2.05) is 31.2 Å². The van der Waals surface area contributed by atoms with Crippen molar-refractivity contribution in [2.45, 2.75) is 13.0 Å². The van der Waals surface area contributed by atoms with Crippen LogP contribution in [0.2, 0.25) is 0 Å². The summed E-state index contributed by atoms with van der Waals surface area (Å²) in [5, 5.41) is 4.60. The standard InChI is InChI=1S/C12H13N3OS/c1-8(9-3-2-4-10(13)5-9)15-12(16)11-6-17-7-14-11/h2-8H,13H2,1H3,(H,15,16). The lowest BCUT2D eigenvalue weighted by Gasteiger charge is -2.13. The van der Waals surface area contributed by atoms with Crippen LogP contribution in [-0.4, -0.2) is 10.9 Å². The molecule has 1 aromatic heterocycles. The molecule has 0 bridgehead atoms. The average Bonchev–Trinajstić information content (AvgIpc) is 2.82. The van der Waals surface area contributed by atoms with Crippen LogP contribution in [-0.2, 0) is 0 Å². The molecule has 4 nitrogen and oxygen atoms in total. The van der Waals surface area contributed by atoms with E-state index in [1.165, 1.54) is 11.3 Å². The van der Waals surface area contributed by atoms with E-state index in [4.69, 9.17) is 5.73 Å². The second-order valence-electron chi connectivity index (χ2n) is 3.74. The number of nitrogens with one attached hydrogen (secondary N) is 1. The van der Waals surface area contributed by atoms with Crippen LogP contribution in [0.1, 0.15) is 29.0 Å². The van der Waals surface area contributed by atoms with Gasteiger partial charge < -0.3 is 11.1 Å². The lowest BCUT2D eigenvalue weighted by atomic mass is 10.1. The predicted octanol–water partition coefficient (Wildman–Crippen LogP) is 2.22. The first-order chi connectivity index (χ1) is 8.16. The Hall–Kier alpha value is -1.88. The molecule has 0 aliphatic carbocycles. The van der Waals surface area contributed by atoms with E-state index in [1.54, 1.807) is 10.9 Å². The second-order valence-corrected chi connectivity index (χ2v) is 4.46. The lowest BCUT2D eigenvalue weighted by Crippen LogP contribution is -2.26. The number of hydrogen-bond donors (Lipinski definition) is 2. The maximum atomic E-state index is 11.8. The fourth-order valence-corrected chi connectivity index (χ4v) is 2.04. The number of rotatable bonds is 3. The van der Waals surface area contributed by atoms with E-state index in [0.717, 1.165) is 5.56 Å². The van der Waals surface area contributed by atoms with Crippen molar-refractivity contribution in [3.63, 3.8) is 0 Å². The van der Waals surface area contributed by atoms with Gasteiger partial charge in [0.2, 0.25) is 0 Å². The number of nitrogens with two attached hydrogens (primary N) is 1. The number of aromatic nitrogens is 1. The molecule has 2 aromatic rings. The number of nitrogen functional groups attached to an aromatic ring is 1. The molecule has 5 heteroatoms. The molecular weight excluding hydrogens is 234 g/mol. The molecule has 88 valence electrons. The van der Waals surface area contributed by atoms with Crippen LogP contribution in [0.15, 0.2) is 35.2 Å². The van der Waals surface area contributed by atoms with Gasteiger partial charge in [0.25, 0.3) is 5.91 Å². The van der Waals surface area contributed by atoms with Crippen molar-refractivity contribution in [1.82, 2.24) is 10.3 Å². The number of hydrogen-bond acceptors (Lipinski definition) is 4. The molecule has 17 heavy (non-hydrogen) atoms. The highest BCUT2D eigenvalue weighted by molar-refractivity contribution is 7.07. The molecule has 1 unspecified atom stereocenters. The zero-order valence-electron chi connectivity index (χ0n) is 9.38. The van der Waals surface area contributed by atoms with Gasteiger partial charge in [0.1, 0.15) is 5.69 Å². The van der Waals surface area contributed by atoms with Crippen LogP contribution in [0.4, 0.5) is 5.69 Å². The van der Waals surface area contributed by atoms with Gasteiger partial charge in [0.15, 0.2) is 0 Å². The first kappa shape index (κ1) is 11.6. The van der Waals surface area contributed by atoms with E-state index in [-0.39, 0.29) is 11.9 Å². The zero-order chi connectivity index (χ0) is 12.3. The number of nitrogens with zero attached hydrogens (tertiary/aromatic N) is 1. The van der Waals surface area contributed by atoms with Crippen molar-refractivity contribution in [1.29, 1.82) is 0 Å². The molecule has 1 atom stereocenters. The van der Waals surface area contributed by atoms with Crippen molar-refractivity contribution < 1.29 is 4.79 Å². The third-order valence-corrected chi connectivity index (χ3v) is 3.01. The van der Waals surface area contributed by atoms with Gasteiger partial charge in [0.05, 0.1) is 11.6 Å². The second kappa shape index (κ2) is 4.97. The summed E-state index contributed by atoms with van der Waals surface area (Å²) >= 11 is 1.40. The summed E-state index contributed by atoms with van der Waals surface area (Å²) in [5.74, 6) is -0.166. The smallest absolute Gasteiger partial charge is 0.271 e. The van der Waals surface area contributed by atoms with Gasteiger partial charge in [-0.05, 0) is 24.6 Å². The van der Waals surface area contributed by atoms with Gasteiger partial charge in [-0.1, -0.05) is 12.1 Å². The third-order valence-electron chi connectivity index (χ3n) is 2.42. The minimum Gasteiger partial charge on any atom is -0.399 e. The number of amides is 1. The minimum absolute atomic E-state index is 0.0901. The monoisotopic (exact) mass is 247 g/mol. The fourth-order valence-electron chi connectivity index (χ4n) is 1.51. The predicted molar refractivity (Wildman–Crippen MR) is 68.8 cm³/mol. The van der Waals surface area contributed by atoms with E-state index in [2.05, 4.69) is 10.3 Å².